The van der Waals surface area contributed by atoms with E-state index in [1.54, 1.807) is 18.2 Å². The van der Waals surface area contributed by atoms with Crippen molar-refractivity contribution in [1.29, 1.82) is 0 Å². The molecule has 0 aliphatic heterocycles. The Morgan fingerprint density at radius 3 is 2.69 bits per heavy atom. The van der Waals surface area contributed by atoms with Crippen LogP contribution >= 0.6 is 0 Å². The van der Waals surface area contributed by atoms with Crippen LogP contribution in [0.15, 0.2) is 28.8 Å². The number of aromatic nitrogens is 1. The number of primary amides is 1. The lowest BCUT2D eigenvalue weighted by molar-refractivity contribution is 0.100. The molecule has 82 valence electrons. The third-order valence-corrected chi connectivity index (χ3v) is 2.11. The molecule has 0 aliphatic rings. The number of nitrogens with two attached hydrogens (primary N) is 2. The molecular weight excluding hydrogens is 210 g/mol. The lowest BCUT2D eigenvalue weighted by atomic mass is 10.1. The summed E-state index contributed by atoms with van der Waals surface area (Å²) in [5, 5.41) is 13.0. The molecule has 2 rings (SSSR count). The Labute approximate surface area is 90.5 Å². The number of hydrogen-bond acceptors (Lipinski definition) is 5. The number of hydrogen-bond donors (Lipinski definition) is 3. The quantitative estimate of drug-likeness (QED) is 0.688. The van der Waals surface area contributed by atoms with Gasteiger partial charge in [0.05, 0.1) is 5.56 Å². The molecule has 0 unspecified atom stereocenters. The minimum absolute atomic E-state index is 0.0264. The van der Waals surface area contributed by atoms with E-state index in [4.69, 9.17) is 16.0 Å². The summed E-state index contributed by atoms with van der Waals surface area (Å²) in [5.41, 5.74) is 10.9. The van der Waals surface area contributed by atoms with Gasteiger partial charge in [0.15, 0.2) is 11.6 Å². The second-order valence-corrected chi connectivity index (χ2v) is 3.15. The standard InChI is InChI=1S/C10H9N3O3/c11-9-7(10(12)15)8(16-13-9)5-3-1-2-4-6(5)14/h1-4,14H,(H2,11,13)(H2,12,15). The molecule has 5 N–H and O–H groups in total. The predicted molar refractivity (Wildman–Crippen MR) is 56.5 cm³/mol. The Balaban J connectivity index is 2.66. The Morgan fingerprint density at radius 2 is 2.06 bits per heavy atom. The first kappa shape index (κ1) is 10.0. The van der Waals surface area contributed by atoms with Crippen LogP contribution in [0.2, 0.25) is 0 Å². The van der Waals surface area contributed by atoms with E-state index in [0.29, 0.717) is 5.56 Å². The maximum atomic E-state index is 11.1. The Hall–Kier alpha value is -2.50. The number of carbonyl (C=O) groups is 1. The van der Waals surface area contributed by atoms with Gasteiger partial charge in [-0.3, -0.25) is 4.79 Å². The summed E-state index contributed by atoms with van der Waals surface area (Å²) in [6.45, 7) is 0. The largest absolute Gasteiger partial charge is 0.507 e. The van der Waals surface area contributed by atoms with Gasteiger partial charge in [-0.2, -0.15) is 0 Å². The molecule has 1 heterocycles. The van der Waals surface area contributed by atoms with Crippen molar-refractivity contribution in [3.63, 3.8) is 0 Å². The van der Waals surface area contributed by atoms with Gasteiger partial charge in [-0.1, -0.05) is 17.3 Å². The Bertz CT molecular complexity index is 548. The van der Waals surface area contributed by atoms with Crippen LogP contribution in [0.3, 0.4) is 0 Å². The first-order valence-electron chi connectivity index (χ1n) is 4.44. The average molecular weight is 219 g/mol. The number of anilines is 1. The normalized spacial score (nSPS) is 10.2. The fourth-order valence-corrected chi connectivity index (χ4v) is 1.39. The molecule has 0 bridgehead atoms. The van der Waals surface area contributed by atoms with Gasteiger partial charge >= 0.3 is 0 Å². The molecule has 0 spiro atoms. The average Bonchev–Trinajstić information content (AvgIpc) is 2.61. The van der Waals surface area contributed by atoms with Crippen LogP contribution in [-0.2, 0) is 0 Å². The summed E-state index contributed by atoms with van der Waals surface area (Å²) in [4.78, 5) is 11.1. The van der Waals surface area contributed by atoms with Gasteiger partial charge in [-0.15, -0.1) is 0 Å². The summed E-state index contributed by atoms with van der Waals surface area (Å²) in [6.07, 6.45) is 0. The van der Waals surface area contributed by atoms with Gasteiger partial charge in [-0.05, 0) is 12.1 Å². The van der Waals surface area contributed by atoms with Crippen molar-refractivity contribution in [3.05, 3.63) is 29.8 Å². The highest BCUT2D eigenvalue weighted by molar-refractivity contribution is 6.03. The third kappa shape index (κ3) is 1.46. The van der Waals surface area contributed by atoms with Gasteiger partial charge in [0.1, 0.15) is 11.3 Å². The first-order chi connectivity index (χ1) is 7.61. The van der Waals surface area contributed by atoms with Crippen molar-refractivity contribution in [3.8, 4) is 17.1 Å². The van der Waals surface area contributed by atoms with Crippen LogP contribution < -0.4 is 11.5 Å². The fraction of sp³-hybridized carbons (Fsp3) is 0. The molecule has 1 aromatic carbocycles. The number of phenols is 1. The van der Waals surface area contributed by atoms with E-state index in [0.717, 1.165) is 0 Å². The molecule has 6 heteroatoms. The highest BCUT2D eigenvalue weighted by Gasteiger charge is 2.22. The number of para-hydroxylation sites is 1. The predicted octanol–water partition coefficient (Wildman–Crippen LogP) is 0.728. The molecule has 0 atom stereocenters. The number of carbonyl (C=O) groups excluding carboxylic acids is 1. The minimum atomic E-state index is -0.753. The smallest absolute Gasteiger partial charge is 0.256 e. The maximum Gasteiger partial charge on any atom is 0.256 e. The summed E-state index contributed by atoms with van der Waals surface area (Å²) < 4.78 is 4.89. The molecule has 0 radical (unpaired) electrons. The number of aromatic hydroxyl groups is 1. The van der Waals surface area contributed by atoms with Crippen LogP contribution in [0.1, 0.15) is 10.4 Å². The lowest BCUT2D eigenvalue weighted by Gasteiger charge is -2.00. The lowest BCUT2D eigenvalue weighted by Crippen LogP contribution is -2.13. The van der Waals surface area contributed by atoms with E-state index in [2.05, 4.69) is 5.16 Å². The summed E-state index contributed by atoms with van der Waals surface area (Å²) in [6, 6.07) is 6.35. The Morgan fingerprint density at radius 1 is 1.38 bits per heavy atom. The van der Waals surface area contributed by atoms with Crippen molar-refractivity contribution in [2.24, 2.45) is 5.73 Å². The van der Waals surface area contributed by atoms with Crippen LogP contribution in [0.5, 0.6) is 5.75 Å². The number of amides is 1. The Kier molecular flexibility index (Phi) is 2.24. The molecule has 0 saturated carbocycles. The SMILES string of the molecule is NC(=O)c1c(N)noc1-c1ccccc1O. The summed E-state index contributed by atoms with van der Waals surface area (Å²) >= 11 is 0. The molecule has 0 aliphatic carbocycles. The molecule has 2 aromatic rings. The molecule has 1 amide bonds. The van der Waals surface area contributed by atoms with Gasteiger partial charge in [-0.25, -0.2) is 0 Å². The molecule has 16 heavy (non-hydrogen) atoms. The van der Waals surface area contributed by atoms with Crippen LogP contribution in [0.4, 0.5) is 5.82 Å². The van der Waals surface area contributed by atoms with Crippen molar-refractivity contribution in [2.45, 2.75) is 0 Å². The van der Waals surface area contributed by atoms with Gasteiger partial charge < -0.3 is 21.1 Å². The van der Waals surface area contributed by atoms with E-state index in [9.17, 15) is 9.90 Å². The van der Waals surface area contributed by atoms with E-state index < -0.39 is 5.91 Å². The first-order valence-corrected chi connectivity index (χ1v) is 4.44. The zero-order valence-electron chi connectivity index (χ0n) is 8.18. The highest BCUT2D eigenvalue weighted by atomic mass is 16.5. The van der Waals surface area contributed by atoms with Crippen LogP contribution in [0, 0.1) is 0 Å². The number of rotatable bonds is 2. The molecule has 6 nitrogen and oxygen atoms in total. The zero-order valence-corrected chi connectivity index (χ0v) is 8.18. The second kappa shape index (κ2) is 3.58. The van der Waals surface area contributed by atoms with Crippen molar-refractivity contribution in [2.75, 3.05) is 5.73 Å². The molecule has 0 fully saturated rings. The van der Waals surface area contributed by atoms with Crippen LogP contribution in [0.25, 0.3) is 11.3 Å². The topological polar surface area (TPSA) is 115 Å². The van der Waals surface area contributed by atoms with Crippen molar-refractivity contribution < 1.29 is 14.4 Å². The minimum Gasteiger partial charge on any atom is -0.507 e. The summed E-state index contributed by atoms with van der Waals surface area (Å²) in [5.74, 6) is -0.813. The van der Waals surface area contributed by atoms with E-state index in [1.807, 2.05) is 0 Å². The molecule has 0 saturated heterocycles. The van der Waals surface area contributed by atoms with Crippen molar-refractivity contribution in [1.82, 2.24) is 5.16 Å². The zero-order chi connectivity index (χ0) is 11.7. The summed E-state index contributed by atoms with van der Waals surface area (Å²) in [7, 11) is 0. The van der Waals surface area contributed by atoms with Crippen LogP contribution in [-0.4, -0.2) is 16.2 Å². The number of nitrogens with zero attached hydrogens (tertiary/aromatic N) is 1. The van der Waals surface area contributed by atoms with Crippen molar-refractivity contribution >= 4 is 11.7 Å². The third-order valence-electron chi connectivity index (χ3n) is 2.11. The van der Waals surface area contributed by atoms with E-state index in [1.165, 1.54) is 6.07 Å². The molecule has 1 aromatic heterocycles. The van der Waals surface area contributed by atoms with Gasteiger partial charge in [0.2, 0.25) is 0 Å². The number of benzene rings is 1. The van der Waals surface area contributed by atoms with Gasteiger partial charge in [0, 0.05) is 0 Å². The number of nitrogen functional groups attached to an aromatic ring is 1. The maximum absolute atomic E-state index is 11.1. The second-order valence-electron chi connectivity index (χ2n) is 3.15. The number of phenolic OH excluding ortho intramolecular Hbond substituents is 1. The van der Waals surface area contributed by atoms with E-state index in [-0.39, 0.29) is 22.9 Å². The monoisotopic (exact) mass is 219 g/mol. The fourth-order valence-electron chi connectivity index (χ4n) is 1.39. The van der Waals surface area contributed by atoms with Gasteiger partial charge in [0.25, 0.3) is 5.91 Å². The van der Waals surface area contributed by atoms with E-state index >= 15 is 0 Å². The molecular formula is C10H9N3O3. The highest BCUT2D eigenvalue weighted by Crippen LogP contribution is 2.33.